The summed E-state index contributed by atoms with van der Waals surface area (Å²) in [5.74, 6) is -1.39. The van der Waals surface area contributed by atoms with Crippen LogP contribution in [0.25, 0.3) is 11.0 Å². The van der Waals surface area contributed by atoms with Crippen LogP contribution >= 0.6 is 0 Å². The number of carboxylic acid groups (broad SMARTS) is 1. The number of carbonyl (C=O) groups is 1. The first-order valence-corrected chi connectivity index (χ1v) is 5.43. The van der Waals surface area contributed by atoms with Gasteiger partial charge in [0.1, 0.15) is 5.58 Å². The second-order valence-corrected chi connectivity index (χ2v) is 4.34. The Labute approximate surface area is 99.4 Å². The number of furan rings is 1. The van der Waals surface area contributed by atoms with Crippen LogP contribution in [0.15, 0.2) is 34.9 Å². The Morgan fingerprint density at radius 3 is 2.76 bits per heavy atom. The molecule has 17 heavy (non-hydrogen) atoms. The van der Waals surface area contributed by atoms with Crippen molar-refractivity contribution in [2.75, 3.05) is 20.6 Å². The average Bonchev–Trinajstić information content (AvgIpc) is 2.69. The molecule has 0 spiro atoms. The molecule has 1 N–H and O–H groups in total. The molecule has 0 bridgehead atoms. The maximum absolute atomic E-state index is 11.3. The number of rotatable bonds is 4. The van der Waals surface area contributed by atoms with E-state index in [9.17, 15) is 9.90 Å². The monoisotopic (exact) mass is 233 g/mol. The van der Waals surface area contributed by atoms with E-state index in [1.807, 2.05) is 43.3 Å². The van der Waals surface area contributed by atoms with E-state index >= 15 is 0 Å². The summed E-state index contributed by atoms with van der Waals surface area (Å²) >= 11 is 0. The number of hydrogen-bond donors (Lipinski definition) is 1. The van der Waals surface area contributed by atoms with Crippen molar-refractivity contribution in [3.8, 4) is 0 Å². The SMILES string of the molecule is CN(C)CC(C(=O)O)c1coc2ccccc12. The van der Waals surface area contributed by atoms with E-state index in [1.165, 1.54) is 0 Å². The molecule has 0 fully saturated rings. The van der Waals surface area contributed by atoms with Crippen molar-refractivity contribution >= 4 is 16.9 Å². The maximum Gasteiger partial charge on any atom is 0.312 e. The highest BCUT2D eigenvalue weighted by Crippen LogP contribution is 2.28. The minimum absolute atomic E-state index is 0.457. The van der Waals surface area contributed by atoms with Crippen LogP contribution in [-0.2, 0) is 4.79 Å². The summed E-state index contributed by atoms with van der Waals surface area (Å²) in [6, 6.07) is 7.49. The molecule has 0 saturated carbocycles. The summed E-state index contributed by atoms with van der Waals surface area (Å²) in [6.45, 7) is 0.457. The summed E-state index contributed by atoms with van der Waals surface area (Å²) in [4.78, 5) is 13.2. The highest BCUT2D eigenvalue weighted by atomic mass is 16.4. The Balaban J connectivity index is 2.45. The van der Waals surface area contributed by atoms with Gasteiger partial charge in [-0.05, 0) is 20.2 Å². The number of carboxylic acids is 1. The van der Waals surface area contributed by atoms with Gasteiger partial charge in [0, 0.05) is 17.5 Å². The molecule has 0 aliphatic heterocycles. The van der Waals surface area contributed by atoms with Crippen LogP contribution in [0.2, 0.25) is 0 Å². The fraction of sp³-hybridized carbons (Fsp3) is 0.308. The van der Waals surface area contributed by atoms with Crippen LogP contribution in [0.4, 0.5) is 0 Å². The quantitative estimate of drug-likeness (QED) is 0.879. The number of benzene rings is 1. The molecule has 0 aliphatic carbocycles. The van der Waals surface area contributed by atoms with Crippen molar-refractivity contribution < 1.29 is 14.3 Å². The van der Waals surface area contributed by atoms with Crippen LogP contribution < -0.4 is 0 Å². The van der Waals surface area contributed by atoms with E-state index in [4.69, 9.17) is 4.42 Å². The number of para-hydroxylation sites is 1. The topological polar surface area (TPSA) is 53.7 Å². The van der Waals surface area contributed by atoms with Crippen molar-refractivity contribution in [3.63, 3.8) is 0 Å². The molecule has 1 unspecified atom stereocenters. The number of fused-ring (bicyclic) bond motifs is 1. The van der Waals surface area contributed by atoms with E-state index in [1.54, 1.807) is 6.26 Å². The predicted molar refractivity (Wildman–Crippen MR) is 65.1 cm³/mol. The molecule has 0 radical (unpaired) electrons. The van der Waals surface area contributed by atoms with Gasteiger partial charge in [-0.3, -0.25) is 4.79 Å². The molecule has 90 valence electrons. The summed E-state index contributed by atoms with van der Waals surface area (Å²) in [5.41, 5.74) is 1.47. The third kappa shape index (κ3) is 2.31. The molecule has 1 heterocycles. The van der Waals surface area contributed by atoms with Crippen molar-refractivity contribution in [3.05, 3.63) is 36.1 Å². The normalized spacial score (nSPS) is 13.1. The smallest absolute Gasteiger partial charge is 0.312 e. The number of aliphatic carboxylic acids is 1. The van der Waals surface area contributed by atoms with Gasteiger partial charge in [0.2, 0.25) is 0 Å². The molecule has 2 aromatic rings. The molecule has 4 heteroatoms. The average molecular weight is 233 g/mol. The zero-order valence-electron chi connectivity index (χ0n) is 9.88. The Bertz CT molecular complexity index is 530. The van der Waals surface area contributed by atoms with E-state index in [-0.39, 0.29) is 0 Å². The number of nitrogens with zero attached hydrogens (tertiary/aromatic N) is 1. The number of likely N-dealkylation sites (N-methyl/N-ethyl adjacent to an activating group) is 1. The largest absolute Gasteiger partial charge is 0.481 e. The zero-order valence-corrected chi connectivity index (χ0v) is 9.88. The van der Waals surface area contributed by atoms with E-state index in [0.29, 0.717) is 6.54 Å². The van der Waals surface area contributed by atoms with Crippen LogP contribution in [0, 0.1) is 0 Å². The second-order valence-electron chi connectivity index (χ2n) is 4.34. The van der Waals surface area contributed by atoms with Crippen molar-refractivity contribution in [1.29, 1.82) is 0 Å². The van der Waals surface area contributed by atoms with Crippen molar-refractivity contribution in [2.45, 2.75) is 5.92 Å². The first-order chi connectivity index (χ1) is 8.09. The van der Waals surface area contributed by atoms with Gasteiger partial charge in [0.05, 0.1) is 12.2 Å². The maximum atomic E-state index is 11.3. The zero-order chi connectivity index (χ0) is 12.4. The van der Waals surface area contributed by atoms with E-state index in [2.05, 4.69) is 0 Å². The van der Waals surface area contributed by atoms with Gasteiger partial charge >= 0.3 is 5.97 Å². The van der Waals surface area contributed by atoms with Gasteiger partial charge in [0.25, 0.3) is 0 Å². The van der Waals surface area contributed by atoms with Crippen LogP contribution in [-0.4, -0.2) is 36.6 Å². The lowest BCUT2D eigenvalue weighted by molar-refractivity contribution is -0.139. The minimum atomic E-state index is -0.828. The molecule has 2 rings (SSSR count). The lowest BCUT2D eigenvalue weighted by Crippen LogP contribution is -2.25. The summed E-state index contributed by atoms with van der Waals surface area (Å²) in [6.07, 6.45) is 1.55. The number of hydrogen-bond acceptors (Lipinski definition) is 3. The molecule has 4 nitrogen and oxygen atoms in total. The lowest BCUT2D eigenvalue weighted by atomic mass is 9.98. The van der Waals surface area contributed by atoms with Crippen molar-refractivity contribution in [1.82, 2.24) is 4.90 Å². The van der Waals surface area contributed by atoms with Gasteiger partial charge in [-0.1, -0.05) is 18.2 Å². The summed E-state index contributed by atoms with van der Waals surface area (Å²) in [7, 11) is 3.72. The van der Waals surface area contributed by atoms with Crippen LogP contribution in [0.1, 0.15) is 11.5 Å². The van der Waals surface area contributed by atoms with E-state index in [0.717, 1.165) is 16.5 Å². The van der Waals surface area contributed by atoms with Gasteiger partial charge in [-0.15, -0.1) is 0 Å². The highest BCUT2D eigenvalue weighted by molar-refractivity contribution is 5.88. The second kappa shape index (κ2) is 4.59. The molecule has 1 aromatic carbocycles. The molecule has 1 aromatic heterocycles. The molecule has 0 saturated heterocycles. The Morgan fingerprint density at radius 1 is 1.41 bits per heavy atom. The molecule has 0 amide bonds. The fourth-order valence-corrected chi connectivity index (χ4v) is 1.94. The predicted octanol–water partition coefficient (Wildman–Crippen LogP) is 2.16. The summed E-state index contributed by atoms with van der Waals surface area (Å²) in [5, 5.41) is 10.2. The van der Waals surface area contributed by atoms with Crippen LogP contribution in [0.5, 0.6) is 0 Å². The minimum Gasteiger partial charge on any atom is -0.481 e. The Hall–Kier alpha value is -1.81. The van der Waals surface area contributed by atoms with Gasteiger partial charge in [-0.25, -0.2) is 0 Å². The molecule has 0 aliphatic rings. The third-order valence-corrected chi connectivity index (χ3v) is 2.73. The fourth-order valence-electron chi connectivity index (χ4n) is 1.94. The van der Waals surface area contributed by atoms with Crippen molar-refractivity contribution in [2.24, 2.45) is 0 Å². The molecular formula is C13H15NO3. The van der Waals surface area contributed by atoms with Gasteiger partial charge in [-0.2, -0.15) is 0 Å². The summed E-state index contributed by atoms with van der Waals surface area (Å²) < 4.78 is 5.38. The highest BCUT2D eigenvalue weighted by Gasteiger charge is 2.24. The molecular weight excluding hydrogens is 218 g/mol. The lowest BCUT2D eigenvalue weighted by Gasteiger charge is -2.16. The van der Waals surface area contributed by atoms with Crippen LogP contribution in [0.3, 0.4) is 0 Å². The first kappa shape index (κ1) is 11.7. The first-order valence-electron chi connectivity index (χ1n) is 5.43. The Morgan fingerprint density at radius 2 is 2.12 bits per heavy atom. The van der Waals surface area contributed by atoms with E-state index < -0.39 is 11.9 Å². The third-order valence-electron chi connectivity index (χ3n) is 2.73. The molecule has 1 atom stereocenters. The van der Waals surface area contributed by atoms with Gasteiger partial charge in [0.15, 0.2) is 0 Å². The van der Waals surface area contributed by atoms with Gasteiger partial charge < -0.3 is 14.4 Å². The Kier molecular flexibility index (Phi) is 3.15. The standard InChI is InChI=1S/C13H15NO3/c1-14(2)7-10(13(15)16)11-8-17-12-6-4-3-5-9(11)12/h3-6,8,10H,7H2,1-2H3,(H,15,16).